The first-order valence-electron chi connectivity index (χ1n) is 10.0. The molecule has 0 saturated carbocycles. The fraction of sp³-hybridized carbons (Fsp3) is 0.217. The Bertz CT molecular complexity index is 1240. The number of aromatic nitrogens is 4. The third-order valence-electron chi connectivity index (χ3n) is 4.87. The number of methoxy groups -OCH3 is 1. The number of ether oxygens (including phenoxy) is 2. The van der Waals surface area contributed by atoms with Crippen molar-refractivity contribution in [1.82, 2.24) is 24.9 Å². The van der Waals surface area contributed by atoms with E-state index in [-0.39, 0.29) is 11.7 Å². The lowest BCUT2D eigenvalue weighted by Crippen LogP contribution is -2.38. The van der Waals surface area contributed by atoms with Crippen LogP contribution in [0.15, 0.2) is 60.9 Å². The molecule has 8 nitrogen and oxygen atoms in total. The first-order valence-corrected chi connectivity index (χ1v) is 10.0. The normalized spacial score (nSPS) is 12.9. The Morgan fingerprint density at radius 2 is 1.81 bits per heavy atom. The molecule has 164 valence electrons. The smallest absolute Gasteiger partial charge is 0.261 e. The van der Waals surface area contributed by atoms with E-state index in [0.717, 1.165) is 5.56 Å². The maximum absolute atomic E-state index is 13.2. The monoisotopic (exact) mass is 435 g/mol. The largest absolute Gasteiger partial charge is 0.493 e. The summed E-state index contributed by atoms with van der Waals surface area (Å²) >= 11 is 0. The molecule has 0 radical (unpaired) electrons. The second-order valence-corrected chi connectivity index (χ2v) is 7.20. The van der Waals surface area contributed by atoms with E-state index in [1.165, 1.54) is 23.0 Å². The van der Waals surface area contributed by atoms with Crippen LogP contribution in [-0.2, 0) is 4.79 Å². The Hall–Kier alpha value is -4.01. The first kappa shape index (κ1) is 21.2. The van der Waals surface area contributed by atoms with E-state index in [2.05, 4.69) is 20.4 Å². The van der Waals surface area contributed by atoms with Crippen LogP contribution in [0.1, 0.15) is 25.7 Å². The van der Waals surface area contributed by atoms with Crippen LogP contribution in [0.25, 0.3) is 16.9 Å². The zero-order valence-corrected chi connectivity index (χ0v) is 17.8. The number of para-hydroxylation sites is 2. The van der Waals surface area contributed by atoms with Crippen molar-refractivity contribution in [1.29, 1.82) is 0 Å². The zero-order valence-electron chi connectivity index (χ0n) is 17.8. The van der Waals surface area contributed by atoms with Crippen molar-refractivity contribution in [3.63, 3.8) is 0 Å². The van der Waals surface area contributed by atoms with Crippen LogP contribution in [0.2, 0.25) is 0 Å². The molecule has 2 atom stereocenters. The minimum Gasteiger partial charge on any atom is -0.493 e. The van der Waals surface area contributed by atoms with Gasteiger partial charge in [0.15, 0.2) is 29.1 Å². The summed E-state index contributed by atoms with van der Waals surface area (Å²) in [5.74, 6) is 0.837. The summed E-state index contributed by atoms with van der Waals surface area (Å²) < 4.78 is 25.7. The van der Waals surface area contributed by atoms with Gasteiger partial charge in [-0.3, -0.25) is 4.79 Å². The van der Waals surface area contributed by atoms with Crippen molar-refractivity contribution in [2.24, 2.45) is 0 Å². The minimum atomic E-state index is -0.752. The van der Waals surface area contributed by atoms with E-state index in [0.29, 0.717) is 28.7 Å². The summed E-state index contributed by atoms with van der Waals surface area (Å²) in [5.41, 5.74) is 1.97. The number of benzene rings is 2. The van der Waals surface area contributed by atoms with E-state index < -0.39 is 12.1 Å². The van der Waals surface area contributed by atoms with Gasteiger partial charge in [0.25, 0.3) is 5.91 Å². The molecule has 0 bridgehead atoms. The van der Waals surface area contributed by atoms with Crippen LogP contribution in [-0.4, -0.2) is 38.7 Å². The van der Waals surface area contributed by atoms with Gasteiger partial charge in [-0.25, -0.2) is 18.9 Å². The van der Waals surface area contributed by atoms with Crippen molar-refractivity contribution in [2.45, 2.75) is 26.0 Å². The highest BCUT2D eigenvalue weighted by Gasteiger charge is 2.21. The Kier molecular flexibility index (Phi) is 5.98. The highest BCUT2D eigenvalue weighted by molar-refractivity contribution is 5.81. The highest BCUT2D eigenvalue weighted by Crippen LogP contribution is 2.27. The molecule has 0 saturated heterocycles. The number of carbonyl (C=O) groups excluding carboxylic acids is 1. The molecule has 4 rings (SSSR count). The van der Waals surface area contributed by atoms with Gasteiger partial charge in [0.05, 0.1) is 18.8 Å². The van der Waals surface area contributed by atoms with E-state index in [4.69, 9.17) is 9.47 Å². The Morgan fingerprint density at radius 3 is 2.53 bits per heavy atom. The molecular formula is C23H22FN5O3. The Morgan fingerprint density at radius 1 is 1.09 bits per heavy atom. The van der Waals surface area contributed by atoms with Gasteiger partial charge in [-0.2, -0.15) is 0 Å². The van der Waals surface area contributed by atoms with Crippen LogP contribution in [0.3, 0.4) is 0 Å². The third kappa shape index (κ3) is 4.51. The molecule has 1 amide bonds. The average Bonchev–Trinajstić information content (AvgIpc) is 3.23. The number of fused-ring (bicyclic) bond motifs is 1. The fourth-order valence-electron chi connectivity index (χ4n) is 3.13. The Balaban J connectivity index is 1.46. The van der Waals surface area contributed by atoms with Crippen molar-refractivity contribution in [2.75, 3.05) is 7.11 Å². The number of carbonyl (C=O) groups is 1. The van der Waals surface area contributed by atoms with Gasteiger partial charge in [-0.1, -0.05) is 12.1 Å². The van der Waals surface area contributed by atoms with Gasteiger partial charge in [0, 0.05) is 11.6 Å². The fourth-order valence-corrected chi connectivity index (χ4v) is 3.13. The van der Waals surface area contributed by atoms with Crippen LogP contribution in [0.4, 0.5) is 4.39 Å². The van der Waals surface area contributed by atoms with Gasteiger partial charge < -0.3 is 14.8 Å². The maximum atomic E-state index is 13.2. The number of hydrogen-bond donors (Lipinski definition) is 1. The lowest BCUT2D eigenvalue weighted by Gasteiger charge is -2.18. The second kappa shape index (κ2) is 9.01. The average molecular weight is 435 g/mol. The lowest BCUT2D eigenvalue weighted by atomic mass is 10.1. The zero-order chi connectivity index (χ0) is 22.7. The summed E-state index contributed by atoms with van der Waals surface area (Å²) in [6.45, 7) is 3.45. The highest BCUT2D eigenvalue weighted by atomic mass is 19.1. The Labute approximate surface area is 184 Å². The summed E-state index contributed by atoms with van der Waals surface area (Å²) in [7, 11) is 1.54. The van der Waals surface area contributed by atoms with E-state index in [9.17, 15) is 9.18 Å². The molecule has 0 aliphatic heterocycles. The van der Waals surface area contributed by atoms with Gasteiger partial charge >= 0.3 is 0 Å². The van der Waals surface area contributed by atoms with Gasteiger partial charge in [-0.15, -0.1) is 5.10 Å². The molecule has 0 aliphatic carbocycles. The van der Waals surface area contributed by atoms with Gasteiger partial charge in [0.1, 0.15) is 12.1 Å². The van der Waals surface area contributed by atoms with Crippen LogP contribution in [0, 0.1) is 5.82 Å². The molecule has 0 fully saturated rings. The topological polar surface area (TPSA) is 90.6 Å². The second-order valence-electron chi connectivity index (χ2n) is 7.20. The summed E-state index contributed by atoms with van der Waals surface area (Å²) in [6.07, 6.45) is 0.782. The molecule has 1 N–H and O–H groups in total. The molecule has 0 aliphatic rings. The summed E-state index contributed by atoms with van der Waals surface area (Å²) in [6, 6.07) is 14.5. The summed E-state index contributed by atoms with van der Waals surface area (Å²) in [4.78, 5) is 21.5. The maximum Gasteiger partial charge on any atom is 0.261 e. The standard InChI is InChI=1S/C23H22FN5O3/c1-14(26-23(30)15(2)32-20-7-5-4-6-19(20)31-3)22-27-21-12-18(25-13-29(21)28-22)16-8-10-17(24)11-9-16/h4-15H,1-3H3,(H,26,30)/t14-,15-/m0/s1. The predicted octanol–water partition coefficient (Wildman–Crippen LogP) is 3.58. The predicted molar refractivity (Wildman–Crippen MR) is 116 cm³/mol. The molecule has 2 aromatic heterocycles. The molecule has 0 unspecified atom stereocenters. The molecular weight excluding hydrogens is 413 g/mol. The SMILES string of the molecule is COc1ccccc1O[C@@H](C)C(=O)N[C@@H](C)c1nc2cc(-c3ccc(F)cc3)ncn2n1. The van der Waals surface area contributed by atoms with Gasteiger partial charge in [-0.05, 0) is 50.2 Å². The number of halogens is 1. The van der Waals surface area contributed by atoms with Crippen molar-refractivity contribution >= 4 is 11.6 Å². The van der Waals surface area contributed by atoms with Crippen LogP contribution in [0.5, 0.6) is 11.5 Å². The number of nitrogens with zero attached hydrogens (tertiary/aromatic N) is 4. The first-order chi connectivity index (χ1) is 15.4. The number of amides is 1. The molecule has 0 spiro atoms. The van der Waals surface area contributed by atoms with Crippen LogP contribution >= 0.6 is 0 Å². The van der Waals surface area contributed by atoms with E-state index >= 15 is 0 Å². The van der Waals surface area contributed by atoms with Crippen molar-refractivity contribution in [3.05, 3.63) is 72.6 Å². The van der Waals surface area contributed by atoms with Gasteiger partial charge in [0.2, 0.25) is 0 Å². The third-order valence-corrected chi connectivity index (χ3v) is 4.87. The summed E-state index contributed by atoms with van der Waals surface area (Å²) in [5, 5.41) is 7.25. The molecule has 4 aromatic rings. The molecule has 2 aromatic carbocycles. The minimum absolute atomic E-state index is 0.312. The number of rotatable bonds is 7. The molecule has 32 heavy (non-hydrogen) atoms. The lowest BCUT2D eigenvalue weighted by molar-refractivity contribution is -0.128. The molecule has 9 heteroatoms. The quantitative estimate of drug-likeness (QED) is 0.477. The van der Waals surface area contributed by atoms with Crippen molar-refractivity contribution < 1.29 is 18.7 Å². The van der Waals surface area contributed by atoms with Crippen molar-refractivity contribution in [3.8, 4) is 22.8 Å². The number of hydrogen-bond acceptors (Lipinski definition) is 6. The number of nitrogens with one attached hydrogen (secondary N) is 1. The van der Waals surface area contributed by atoms with E-state index in [1.54, 1.807) is 57.4 Å². The molecule has 2 heterocycles. The van der Waals surface area contributed by atoms with E-state index in [1.807, 2.05) is 6.07 Å². The van der Waals surface area contributed by atoms with Crippen LogP contribution < -0.4 is 14.8 Å².